The molecule has 0 fully saturated rings. The molecular weight excluding hydrogens is 162 g/mol. The SMILES string of the molecule is CC(C)(CCO)c1ccc(N)cc1. The molecule has 0 radical (unpaired) electrons. The number of hydrogen-bond donors (Lipinski definition) is 2. The minimum Gasteiger partial charge on any atom is -0.399 e. The summed E-state index contributed by atoms with van der Waals surface area (Å²) in [6, 6.07) is 7.83. The number of anilines is 1. The molecule has 0 aliphatic carbocycles. The normalized spacial score (nSPS) is 11.6. The summed E-state index contributed by atoms with van der Waals surface area (Å²) < 4.78 is 0. The van der Waals surface area contributed by atoms with Crippen LogP contribution in [0.25, 0.3) is 0 Å². The van der Waals surface area contributed by atoms with Crippen LogP contribution in [-0.4, -0.2) is 11.7 Å². The summed E-state index contributed by atoms with van der Waals surface area (Å²) in [5, 5.41) is 8.89. The van der Waals surface area contributed by atoms with Crippen molar-refractivity contribution in [3.8, 4) is 0 Å². The number of nitrogens with two attached hydrogens (primary N) is 1. The molecule has 2 heteroatoms. The molecule has 1 aromatic rings. The van der Waals surface area contributed by atoms with Crippen molar-refractivity contribution in [3.05, 3.63) is 29.8 Å². The first-order valence-corrected chi connectivity index (χ1v) is 4.53. The molecule has 2 nitrogen and oxygen atoms in total. The minimum absolute atomic E-state index is 0.0302. The van der Waals surface area contributed by atoms with Crippen molar-refractivity contribution in [3.63, 3.8) is 0 Å². The first-order chi connectivity index (χ1) is 6.06. The van der Waals surface area contributed by atoms with Crippen LogP contribution < -0.4 is 5.73 Å². The van der Waals surface area contributed by atoms with E-state index in [1.54, 1.807) is 0 Å². The Balaban J connectivity index is 2.87. The van der Waals surface area contributed by atoms with Gasteiger partial charge in [0.2, 0.25) is 0 Å². The fraction of sp³-hybridized carbons (Fsp3) is 0.455. The van der Waals surface area contributed by atoms with Crippen LogP contribution in [0.2, 0.25) is 0 Å². The van der Waals surface area contributed by atoms with Gasteiger partial charge in [-0.25, -0.2) is 0 Å². The van der Waals surface area contributed by atoms with E-state index in [1.165, 1.54) is 5.56 Å². The Bertz CT molecular complexity index is 264. The smallest absolute Gasteiger partial charge is 0.0439 e. The molecule has 0 aromatic heterocycles. The second kappa shape index (κ2) is 3.79. The number of benzene rings is 1. The van der Waals surface area contributed by atoms with E-state index in [0.717, 1.165) is 12.1 Å². The van der Waals surface area contributed by atoms with Gasteiger partial charge in [-0.15, -0.1) is 0 Å². The fourth-order valence-electron chi connectivity index (χ4n) is 1.36. The van der Waals surface area contributed by atoms with Gasteiger partial charge in [0.25, 0.3) is 0 Å². The van der Waals surface area contributed by atoms with Gasteiger partial charge in [0, 0.05) is 12.3 Å². The third kappa shape index (κ3) is 2.46. The van der Waals surface area contributed by atoms with Gasteiger partial charge in [-0.05, 0) is 29.5 Å². The van der Waals surface area contributed by atoms with Gasteiger partial charge in [-0.3, -0.25) is 0 Å². The zero-order chi connectivity index (χ0) is 9.90. The van der Waals surface area contributed by atoms with Gasteiger partial charge in [0.15, 0.2) is 0 Å². The molecule has 0 aliphatic heterocycles. The average Bonchev–Trinajstić information content (AvgIpc) is 2.05. The monoisotopic (exact) mass is 179 g/mol. The lowest BCUT2D eigenvalue weighted by Crippen LogP contribution is -2.18. The number of hydrogen-bond acceptors (Lipinski definition) is 2. The summed E-state index contributed by atoms with van der Waals surface area (Å²) in [6.45, 7) is 4.46. The van der Waals surface area contributed by atoms with Crippen LogP contribution >= 0.6 is 0 Å². The highest BCUT2D eigenvalue weighted by atomic mass is 16.3. The Morgan fingerprint density at radius 2 is 1.77 bits per heavy atom. The quantitative estimate of drug-likeness (QED) is 0.696. The van der Waals surface area contributed by atoms with E-state index in [0.29, 0.717) is 0 Å². The molecule has 0 saturated heterocycles. The Morgan fingerprint density at radius 1 is 1.23 bits per heavy atom. The second-order valence-electron chi connectivity index (χ2n) is 3.98. The van der Waals surface area contributed by atoms with Crippen LogP contribution in [-0.2, 0) is 5.41 Å². The summed E-state index contributed by atoms with van der Waals surface area (Å²) in [5.41, 5.74) is 7.62. The van der Waals surface area contributed by atoms with E-state index < -0.39 is 0 Å². The van der Waals surface area contributed by atoms with Crippen molar-refractivity contribution in [1.29, 1.82) is 0 Å². The zero-order valence-electron chi connectivity index (χ0n) is 8.25. The van der Waals surface area contributed by atoms with Gasteiger partial charge >= 0.3 is 0 Å². The van der Waals surface area contributed by atoms with Crippen LogP contribution in [0.15, 0.2) is 24.3 Å². The summed E-state index contributed by atoms with van der Waals surface area (Å²) in [5.74, 6) is 0. The second-order valence-corrected chi connectivity index (χ2v) is 3.98. The summed E-state index contributed by atoms with van der Waals surface area (Å²) >= 11 is 0. The Labute approximate surface area is 79.4 Å². The highest BCUT2D eigenvalue weighted by Gasteiger charge is 2.19. The molecule has 13 heavy (non-hydrogen) atoms. The van der Waals surface area contributed by atoms with E-state index in [2.05, 4.69) is 13.8 Å². The van der Waals surface area contributed by atoms with Crippen LogP contribution in [0, 0.1) is 0 Å². The van der Waals surface area contributed by atoms with Gasteiger partial charge in [-0.1, -0.05) is 26.0 Å². The lowest BCUT2D eigenvalue weighted by molar-refractivity contribution is 0.252. The van der Waals surface area contributed by atoms with Crippen molar-refractivity contribution in [2.75, 3.05) is 12.3 Å². The van der Waals surface area contributed by atoms with Crippen LogP contribution in [0.5, 0.6) is 0 Å². The number of aliphatic hydroxyl groups is 1. The van der Waals surface area contributed by atoms with E-state index in [-0.39, 0.29) is 12.0 Å². The number of nitrogen functional groups attached to an aromatic ring is 1. The maximum atomic E-state index is 8.89. The lowest BCUT2D eigenvalue weighted by atomic mass is 9.82. The molecule has 1 rings (SSSR count). The molecule has 0 unspecified atom stereocenters. The lowest BCUT2D eigenvalue weighted by Gasteiger charge is -2.24. The van der Waals surface area contributed by atoms with Crippen molar-refractivity contribution in [2.24, 2.45) is 0 Å². The minimum atomic E-state index is 0.0302. The van der Waals surface area contributed by atoms with Gasteiger partial charge in [0.05, 0.1) is 0 Å². The predicted molar refractivity (Wildman–Crippen MR) is 55.6 cm³/mol. The topological polar surface area (TPSA) is 46.2 Å². The molecular formula is C11H17NO. The van der Waals surface area contributed by atoms with E-state index >= 15 is 0 Å². The third-order valence-corrected chi connectivity index (χ3v) is 2.43. The Hall–Kier alpha value is -1.02. The van der Waals surface area contributed by atoms with E-state index in [9.17, 15) is 0 Å². The molecule has 72 valence electrons. The van der Waals surface area contributed by atoms with Crippen LogP contribution in [0.1, 0.15) is 25.8 Å². The molecule has 0 atom stereocenters. The third-order valence-electron chi connectivity index (χ3n) is 2.43. The fourth-order valence-corrected chi connectivity index (χ4v) is 1.36. The van der Waals surface area contributed by atoms with Gasteiger partial charge in [-0.2, -0.15) is 0 Å². The molecule has 3 N–H and O–H groups in total. The molecule has 0 amide bonds. The molecule has 0 aliphatic rings. The zero-order valence-corrected chi connectivity index (χ0v) is 8.25. The van der Waals surface area contributed by atoms with Crippen LogP contribution in [0.3, 0.4) is 0 Å². The first kappa shape index (κ1) is 10.1. The van der Waals surface area contributed by atoms with Gasteiger partial charge in [0.1, 0.15) is 0 Å². The largest absolute Gasteiger partial charge is 0.399 e. The van der Waals surface area contributed by atoms with E-state index in [4.69, 9.17) is 10.8 Å². The maximum Gasteiger partial charge on any atom is 0.0439 e. The Morgan fingerprint density at radius 3 is 2.23 bits per heavy atom. The molecule has 1 aromatic carbocycles. The average molecular weight is 179 g/mol. The highest BCUT2D eigenvalue weighted by molar-refractivity contribution is 5.41. The predicted octanol–water partition coefficient (Wildman–Crippen LogP) is 1.93. The Kier molecular flexibility index (Phi) is 2.94. The van der Waals surface area contributed by atoms with E-state index in [1.807, 2.05) is 24.3 Å². The summed E-state index contributed by atoms with van der Waals surface area (Å²) in [4.78, 5) is 0. The standard InChI is InChI=1S/C11H17NO/c1-11(2,7-8-13)9-3-5-10(12)6-4-9/h3-6,13H,7-8,12H2,1-2H3. The molecule has 0 heterocycles. The van der Waals surface area contributed by atoms with Crippen molar-refractivity contribution in [2.45, 2.75) is 25.7 Å². The molecule has 0 bridgehead atoms. The maximum absolute atomic E-state index is 8.89. The number of rotatable bonds is 3. The molecule has 0 spiro atoms. The molecule has 0 saturated carbocycles. The van der Waals surface area contributed by atoms with Crippen molar-refractivity contribution in [1.82, 2.24) is 0 Å². The van der Waals surface area contributed by atoms with Crippen LogP contribution in [0.4, 0.5) is 5.69 Å². The van der Waals surface area contributed by atoms with Crippen molar-refractivity contribution >= 4 is 5.69 Å². The summed E-state index contributed by atoms with van der Waals surface area (Å²) in [6.07, 6.45) is 0.775. The highest BCUT2D eigenvalue weighted by Crippen LogP contribution is 2.26. The van der Waals surface area contributed by atoms with Gasteiger partial charge < -0.3 is 10.8 Å². The van der Waals surface area contributed by atoms with Crippen molar-refractivity contribution < 1.29 is 5.11 Å². The summed E-state index contributed by atoms with van der Waals surface area (Å²) in [7, 11) is 0. The number of aliphatic hydroxyl groups excluding tert-OH is 1. The first-order valence-electron chi connectivity index (χ1n) is 4.53.